The number of hydrogen-bond acceptors (Lipinski definition) is 4. The van der Waals surface area contributed by atoms with Gasteiger partial charge in [-0.3, -0.25) is 10.1 Å². The van der Waals surface area contributed by atoms with E-state index in [2.05, 4.69) is 20.6 Å². The zero-order valence-corrected chi connectivity index (χ0v) is 13.4. The van der Waals surface area contributed by atoms with E-state index in [1.165, 1.54) is 11.3 Å². The highest BCUT2D eigenvalue weighted by molar-refractivity contribution is 7.16. The smallest absolute Gasteiger partial charge is 0.274 e. The van der Waals surface area contributed by atoms with Gasteiger partial charge in [0.1, 0.15) is 5.70 Å². The predicted octanol–water partition coefficient (Wildman–Crippen LogP) is 2.90. The molecule has 2 aliphatic rings. The maximum absolute atomic E-state index is 13.2. The molecule has 24 heavy (non-hydrogen) atoms. The number of nitrogens with zero attached hydrogens (tertiary/aromatic N) is 2. The summed E-state index contributed by atoms with van der Waals surface area (Å²) in [5.41, 5.74) is 3.89. The average molecular weight is 348 g/mol. The molecule has 4 rings (SSSR count). The fourth-order valence-electron chi connectivity index (χ4n) is 2.90. The van der Waals surface area contributed by atoms with Crippen LogP contribution in [0.25, 0.3) is 16.3 Å². The number of aliphatic imine (C=N–C) groups is 1. The number of carbonyl (C=O) groups is 1. The number of thiazole rings is 1. The average Bonchev–Trinajstić information content (AvgIpc) is 3.19. The number of guanidine groups is 1. The third-order valence-corrected chi connectivity index (χ3v) is 4.88. The summed E-state index contributed by atoms with van der Waals surface area (Å²) in [5.74, 6) is -2.73. The SMILES string of the molecule is O=C1NC(=NC2CCC(F)(F)C2)N/C1=C\c1ccc2ncsc2c1. The Morgan fingerprint density at radius 2 is 2.25 bits per heavy atom. The summed E-state index contributed by atoms with van der Waals surface area (Å²) in [5, 5.41) is 5.47. The Labute approximate surface area is 140 Å². The van der Waals surface area contributed by atoms with Crippen LogP contribution in [-0.4, -0.2) is 28.8 Å². The predicted molar refractivity (Wildman–Crippen MR) is 88.9 cm³/mol. The fourth-order valence-corrected chi connectivity index (χ4v) is 3.63. The van der Waals surface area contributed by atoms with Gasteiger partial charge in [-0.2, -0.15) is 0 Å². The molecule has 1 saturated carbocycles. The molecule has 5 nitrogen and oxygen atoms in total. The van der Waals surface area contributed by atoms with E-state index in [9.17, 15) is 13.6 Å². The lowest BCUT2D eigenvalue weighted by Gasteiger charge is -2.07. The number of hydrogen-bond donors (Lipinski definition) is 2. The van der Waals surface area contributed by atoms with E-state index in [0.717, 1.165) is 15.8 Å². The minimum atomic E-state index is -2.65. The molecule has 1 amide bonds. The van der Waals surface area contributed by atoms with Crippen LogP contribution in [0.15, 0.2) is 34.4 Å². The van der Waals surface area contributed by atoms with Crippen LogP contribution >= 0.6 is 11.3 Å². The largest absolute Gasteiger partial charge is 0.321 e. The molecule has 1 aliphatic carbocycles. The van der Waals surface area contributed by atoms with Crippen molar-refractivity contribution >= 4 is 39.5 Å². The van der Waals surface area contributed by atoms with Crippen LogP contribution in [0.1, 0.15) is 24.8 Å². The molecule has 2 N–H and O–H groups in total. The monoisotopic (exact) mass is 348 g/mol. The number of alkyl halides is 2. The molecule has 1 unspecified atom stereocenters. The van der Waals surface area contributed by atoms with Gasteiger partial charge >= 0.3 is 0 Å². The molecule has 2 heterocycles. The molecule has 1 aromatic heterocycles. The highest BCUT2D eigenvalue weighted by Gasteiger charge is 2.40. The van der Waals surface area contributed by atoms with Crippen molar-refractivity contribution in [2.24, 2.45) is 4.99 Å². The molecule has 2 fully saturated rings. The maximum Gasteiger partial charge on any atom is 0.274 e. The molecule has 0 spiro atoms. The molecule has 1 saturated heterocycles. The first-order valence-corrected chi connectivity index (χ1v) is 8.45. The van der Waals surface area contributed by atoms with E-state index in [-0.39, 0.29) is 24.7 Å². The third kappa shape index (κ3) is 3.01. The van der Waals surface area contributed by atoms with E-state index in [1.807, 2.05) is 18.2 Å². The van der Waals surface area contributed by atoms with Crippen molar-refractivity contribution in [1.29, 1.82) is 0 Å². The van der Waals surface area contributed by atoms with Gasteiger partial charge in [0.05, 0.1) is 21.8 Å². The summed E-state index contributed by atoms with van der Waals surface area (Å²) in [7, 11) is 0. The third-order valence-electron chi connectivity index (χ3n) is 4.09. The second kappa shape index (κ2) is 5.62. The van der Waals surface area contributed by atoms with E-state index >= 15 is 0 Å². The summed E-state index contributed by atoms with van der Waals surface area (Å²) >= 11 is 1.53. The van der Waals surface area contributed by atoms with Gasteiger partial charge in [-0.15, -0.1) is 11.3 Å². The Hall–Kier alpha value is -2.35. The first kappa shape index (κ1) is 15.2. The Kier molecular flexibility index (Phi) is 3.56. The molecule has 8 heteroatoms. The molecule has 124 valence electrons. The molecular formula is C16H14F2N4OS. The summed E-state index contributed by atoms with van der Waals surface area (Å²) < 4.78 is 27.5. The first-order valence-electron chi connectivity index (χ1n) is 7.57. The van der Waals surface area contributed by atoms with Crippen molar-refractivity contribution in [3.05, 3.63) is 35.0 Å². The van der Waals surface area contributed by atoms with Gasteiger partial charge in [-0.1, -0.05) is 6.07 Å². The zero-order valence-electron chi connectivity index (χ0n) is 12.6. The molecular weight excluding hydrogens is 334 g/mol. The van der Waals surface area contributed by atoms with Crippen molar-refractivity contribution in [2.75, 3.05) is 0 Å². The van der Waals surface area contributed by atoms with Crippen LogP contribution in [0, 0.1) is 0 Å². The summed E-state index contributed by atoms with van der Waals surface area (Å²) in [4.78, 5) is 20.4. The number of aromatic nitrogens is 1. The number of halogens is 2. The van der Waals surface area contributed by atoms with Crippen LogP contribution < -0.4 is 10.6 Å². The van der Waals surface area contributed by atoms with E-state index in [1.54, 1.807) is 11.6 Å². The lowest BCUT2D eigenvalue weighted by Crippen LogP contribution is -2.27. The van der Waals surface area contributed by atoms with Gasteiger partial charge in [0.25, 0.3) is 5.91 Å². The van der Waals surface area contributed by atoms with Crippen molar-refractivity contribution < 1.29 is 13.6 Å². The van der Waals surface area contributed by atoms with E-state index < -0.39 is 12.0 Å². The fraction of sp³-hybridized carbons (Fsp3) is 0.312. The minimum Gasteiger partial charge on any atom is -0.321 e. The van der Waals surface area contributed by atoms with Crippen LogP contribution in [-0.2, 0) is 4.79 Å². The standard InChI is InChI=1S/C16H14F2N4OS/c17-16(18)4-3-10(7-16)20-15-21-12(14(23)22-15)5-9-1-2-11-13(6-9)24-8-19-11/h1-2,5-6,8,10H,3-4,7H2,(H2,20,21,22,23)/b12-5-. The summed E-state index contributed by atoms with van der Waals surface area (Å²) in [6.45, 7) is 0. The van der Waals surface area contributed by atoms with Crippen molar-refractivity contribution in [3.63, 3.8) is 0 Å². The van der Waals surface area contributed by atoms with Crippen LogP contribution in [0.4, 0.5) is 8.78 Å². The number of benzene rings is 1. The van der Waals surface area contributed by atoms with Crippen molar-refractivity contribution in [3.8, 4) is 0 Å². The normalized spacial score (nSPS) is 26.2. The Morgan fingerprint density at radius 1 is 1.38 bits per heavy atom. The highest BCUT2D eigenvalue weighted by Crippen LogP contribution is 2.36. The van der Waals surface area contributed by atoms with Crippen LogP contribution in [0.3, 0.4) is 0 Å². The Balaban J connectivity index is 1.53. The zero-order chi connectivity index (χ0) is 16.7. The van der Waals surface area contributed by atoms with Gasteiger partial charge in [-0.05, 0) is 30.2 Å². The number of carbonyl (C=O) groups excluding carboxylic acids is 1. The molecule has 2 aromatic rings. The van der Waals surface area contributed by atoms with E-state index in [4.69, 9.17) is 0 Å². The van der Waals surface area contributed by atoms with Gasteiger partial charge in [0.15, 0.2) is 0 Å². The van der Waals surface area contributed by atoms with E-state index in [0.29, 0.717) is 12.1 Å². The Morgan fingerprint density at radius 3 is 3.04 bits per heavy atom. The topological polar surface area (TPSA) is 66.4 Å². The minimum absolute atomic E-state index is 0.153. The Bertz CT molecular complexity index is 874. The number of fused-ring (bicyclic) bond motifs is 1. The molecule has 1 aliphatic heterocycles. The molecule has 0 bridgehead atoms. The summed E-state index contributed by atoms with van der Waals surface area (Å²) in [6, 6.07) is 5.25. The van der Waals surface area contributed by atoms with Gasteiger partial charge in [0.2, 0.25) is 11.9 Å². The van der Waals surface area contributed by atoms with Gasteiger partial charge in [-0.25, -0.2) is 18.8 Å². The quantitative estimate of drug-likeness (QED) is 0.820. The lowest BCUT2D eigenvalue weighted by molar-refractivity contribution is -0.115. The van der Waals surface area contributed by atoms with Crippen LogP contribution in [0.5, 0.6) is 0 Å². The second-order valence-corrected chi connectivity index (χ2v) is 6.83. The lowest BCUT2D eigenvalue weighted by atomic mass is 10.2. The van der Waals surface area contributed by atoms with Crippen molar-refractivity contribution in [1.82, 2.24) is 15.6 Å². The van der Waals surface area contributed by atoms with Gasteiger partial charge in [0, 0.05) is 12.8 Å². The summed E-state index contributed by atoms with van der Waals surface area (Å²) in [6.07, 6.45) is 1.62. The first-order chi connectivity index (χ1) is 11.5. The maximum atomic E-state index is 13.2. The second-order valence-electron chi connectivity index (χ2n) is 5.95. The molecule has 1 aromatic carbocycles. The molecule has 0 radical (unpaired) electrons. The van der Waals surface area contributed by atoms with Crippen LogP contribution in [0.2, 0.25) is 0 Å². The van der Waals surface area contributed by atoms with Gasteiger partial charge < -0.3 is 5.32 Å². The highest BCUT2D eigenvalue weighted by atomic mass is 32.1. The number of amides is 1. The molecule has 1 atom stereocenters. The van der Waals surface area contributed by atoms with Crippen molar-refractivity contribution in [2.45, 2.75) is 31.2 Å². The number of nitrogens with one attached hydrogen (secondary N) is 2. The number of rotatable bonds is 2.